The quantitative estimate of drug-likeness (QED) is 0.625. The van der Waals surface area contributed by atoms with Gasteiger partial charge in [-0.3, -0.25) is 11.3 Å². The van der Waals surface area contributed by atoms with E-state index in [1.54, 1.807) is 0 Å². The van der Waals surface area contributed by atoms with Crippen LogP contribution in [0.15, 0.2) is 22.7 Å². The standard InChI is InChI=1S/C12H18BrClN2O/c1-3-17-8(2)12(16-15)6-9-4-5-10(13)7-11(9)14/h4-5,7-8,12,16H,3,6,15H2,1-2H3. The molecule has 3 nitrogen and oxygen atoms in total. The molecule has 0 fully saturated rings. The molecule has 2 atom stereocenters. The average Bonchev–Trinajstić information content (AvgIpc) is 2.28. The van der Waals surface area contributed by atoms with Crippen molar-refractivity contribution in [2.45, 2.75) is 32.4 Å². The van der Waals surface area contributed by atoms with Gasteiger partial charge in [-0.25, -0.2) is 0 Å². The van der Waals surface area contributed by atoms with E-state index in [4.69, 9.17) is 22.2 Å². The van der Waals surface area contributed by atoms with E-state index in [1.807, 2.05) is 32.0 Å². The van der Waals surface area contributed by atoms with Gasteiger partial charge in [0.2, 0.25) is 0 Å². The number of ether oxygens (including phenoxy) is 1. The van der Waals surface area contributed by atoms with Gasteiger partial charge in [-0.1, -0.05) is 33.6 Å². The fourth-order valence-electron chi connectivity index (χ4n) is 1.66. The maximum absolute atomic E-state index is 6.17. The summed E-state index contributed by atoms with van der Waals surface area (Å²) >= 11 is 9.56. The summed E-state index contributed by atoms with van der Waals surface area (Å²) in [5, 5.41) is 0.739. The monoisotopic (exact) mass is 320 g/mol. The van der Waals surface area contributed by atoms with E-state index in [0.29, 0.717) is 6.61 Å². The fraction of sp³-hybridized carbons (Fsp3) is 0.500. The van der Waals surface area contributed by atoms with Crippen molar-refractivity contribution in [3.05, 3.63) is 33.3 Å². The lowest BCUT2D eigenvalue weighted by Crippen LogP contribution is -2.45. The second-order valence-electron chi connectivity index (χ2n) is 3.87. The Hall–Kier alpha value is -0.130. The molecule has 3 N–H and O–H groups in total. The molecule has 1 aromatic carbocycles. The van der Waals surface area contributed by atoms with Gasteiger partial charge in [-0.2, -0.15) is 0 Å². The van der Waals surface area contributed by atoms with Crippen LogP contribution in [-0.2, 0) is 11.2 Å². The van der Waals surface area contributed by atoms with Crippen LogP contribution in [0.25, 0.3) is 0 Å². The van der Waals surface area contributed by atoms with E-state index in [2.05, 4.69) is 21.4 Å². The summed E-state index contributed by atoms with van der Waals surface area (Å²) in [6, 6.07) is 5.90. The largest absolute Gasteiger partial charge is 0.377 e. The third-order valence-corrected chi connectivity index (χ3v) is 3.51. The van der Waals surface area contributed by atoms with Crippen LogP contribution in [0.3, 0.4) is 0 Å². The average molecular weight is 322 g/mol. The van der Waals surface area contributed by atoms with Crippen molar-refractivity contribution in [1.82, 2.24) is 5.43 Å². The Kier molecular flexibility index (Phi) is 6.44. The Morgan fingerprint density at radius 2 is 2.24 bits per heavy atom. The molecule has 0 spiro atoms. The summed E-state index contributed by atoms with van der Waals surface area (Å²) in [7, 11) is 0. The molecule has 0 radical (unpaired) electrons. The van der Waals surface area contributed by atoms with Crippen molar-refractivity contribution in [1.29, 1.82) is 0 Å². The SMILES string of the molecule is CCOC(C)C(Cc1ccc(Br)cc1Cl)NN. The fourth-order valence-corrected chi connectivity index (χ4v) is 2.41. The van der Waals surface area contributed by atoms with Crippen LogP contribution in [0.5, 0.6) is 0 Å². The molecule has 1 aromatic rings. The zero-order valence-corrected chi connectivity index (χ0v) is 12.4. The van der Waals surface area contributed by atoms with Crippen LogP contribution < -0.4 is 11.3 Å². The smallest absolute Gasteiger partial charge is 0.0716 e. The second kappa shape index (κ2) is 7.34. The van der Waals surface area contributed by atoms with Gasteiger partial charge in [-0.15, -0.1) is 0 Å². The van der Waals surface area contributed by atoms with Crippen molar-refractivity contribution >= 4 is 27.5 Å². The van der Waals surface area contributed by atoms with Crippen LogP contribution >= 0.6 is 27.5 Å². The van der Waals surface area contributed by atoms with Gasteiger partial charge in [0.05, 0.1) is 12.1 Å². The van der Waals surface area contributed by atoms with E-state index in [0.717, 1.165) is 21.5 Å². The number of halogens is 2. The molecule has 0 saturated carbocycles. The number of rotatable bonds is 6. The number of nitrogens with two attached hydrogens (primary N) is 1. The highest BCUT2D eigenvalue weighted by Crippen LogP contribution is 2.23. The highest BCUT2D eigenvalue weighted by atomic mass is 79.9. The molecule has 0 heterocycles. The minimum Gasteiger partial charge on any atom is -0.377 e. The number of hydrogen-bond donors (Lipinski definition) is 2. The van der Waals surface area contributed by atoms with Gasteiger partial charge in [-0.05, 0) is 38.0 Å². The Morgan fingerprint density at radius 3 is 2.76 bits per heavy atom. The highest BCUT2D eigenvalue weighted by Gasteiger charge is 2.17. The van der Waals surface area contributed by atoms with Gasteiger partial charge < -0.3 is 4.74 Å². The number of hydrazine groups is 1. The van der Waals surface area contributed by atoms with Gasteiger partial charge in [0, 0.05) is 16.1 Å². The van der Waals surface area contributed by atoms with Gasteiger partial charge in [0.15, 0.2) is 0 Å². The van der Waals surface area contributed by atoms with Crippen LogP contribution in [0, 0.1) is 0 Å². The van der Waals surface area contributed by atoms with Crippen molar-refractivity contribution < 1.29 is 4.74 Å². The highest BCUT2D eigenvalue weighted by molar-refractivity contribution is 9.10. The first-order valence-electron chi connectivity index (χ1n) is 5.60. The zero-order valence-electron chi connectivity index (χ0n) is 10.0. The predicted molar refractivity (Wildman–Crippen MR) is 75.1 cm³/mol. The first-order chi connectivity index (χ1) is 8.08. The van der Waals surface area contributed by atoms with E-state index in [-0.39, 0.29) is 12.1 Å². The van der Waals surface area contributed by atoms with Crippen molar-refractivity contribution in [3.8, 4) is 0 Å². The summed E-state index contributed by atoms with van der Waals surface area (Å²) in [5.74, 6) is 5.55. The lowest BCUT2D eigenvalue weighted by molar-refractivity contribution is 0.0476. The number of nitrogens with one attached hydrogen (secondary N) is 1. The third kappa shape index (κ3) is 4.56. The van der Waals surface area contributed by atoms with E-state index >= 15 is 0 Å². The maximum Gasteiger partial charge on any atom is 0.0716 e. The summed E-state index contributed by atoms with van der Waals surface area (Å²) in [4.78, 5) is 0. The van der Waals surface area contributed by atoms with Crippen molar-refractivity contribution in [2.24, 2.45) is 5.84 Å². The molecule has 1 rings (SSSR count). The van der Waals surface area contributed by atoms with Crippen molar-refractivity contribution in [2.75, 3.05) is 6.61 Å². The first-order valence-corrected chi connectivity index (χ1v) is 6.77. The lowest BCUT2D eigenvalue weighted by atomic mass is 10.0. The van der Waals surface area contributed by atoms with Crippen molar-refractivity contribution in [3.63, 3.8) is 0 Å². The first kappa shape index (κ1) is 14.9. The Bertz CT molecular complexity index is 362. The number of hydrogen-bond acceptors (Lipinski definition) is 3. The molecular formula is C12H18BrClN2O. The topological polar surface area (TPSA) is 47.3 Å². The van der Waals surface area contributed by atoms with Crippen LogP contribution in [0.4, 0.5) is 0 Å². The van der Waals surface area contributed by atoms with Crippen LogP contribution in [0.2, 0.25) is 5.02 Å². The van der Waals surface area contributed by atoms with Gasteiger partial charge in [0.25, 0.3) is 0 Å². The maximum atomic E-state index is 6.17. The summed E-state index contributed by atoms with van der Waals surface area (Å²) in [5.41, 5.74) is 3.84. The summed E-state index contributed by atoms with van der Waals surface area (Å²) in [6.07, 6.45) is 0.786. The second-order valence-corrected chi connectivity index (χ2v) is 5.20. The predicted octanol–water partition coefficient (Wildman–Crippen LogP) is 2.90. The van der Waals surface area contributed by atoms with E-state index in [1.165, 1.54) is 0 Å². The molecule has 0 aliphatic carbocycles. The molecule has 0 bridgehead atoms. The van der Waals surface area contributed by atoms with E-state index < -0.39 is 0 Å². The van der Waals surface area contributed by atoms with Gasteiger partial charge in [0.1, 0.15) is 0 Å². The molecule has 0 aliphatic heterocycles. The molecule has 0 amide bonds. The molecule has 0 saturated heterocycles. The Labute approximate surface area is 116 Å². The molecule has 0 aliphatic rings. The van der Waals surface area contributed by atoms with Crippen LogP contribution in [0.1, 0.15) is 19.4 Å². The lowest BCUT2D eigenvalue weighted by Gasteiger charge is -2.23. The molecule has 2 unspecified atom stereocenters. The minimum absolute atomic E-state index is 0.0460. The van der Waals surface area contributed by atoms with E-state index in [9.17, 15) is 0 Å². The van der Waals surface area contributed by atoms with Crippen LogP contribution in [-0.4, -0.2) is 18.8 Å². The van der Waals surface area contributed by atoms with Gasteiger partial charge >= 0.3 is 0 Å². The zero-order chi connectivity index (χ0) is 12.8. The third-order valence-electron chi connectivity index (χ3n) is 2.67. The number of benzene rings is 1. The Balaban J connectivity index is 2.73. The molecular weight excluding hydrogens is 304 g/mol. The molecule has 0 aromatic heterocycles. The summed E-state index contributed by atoms with van der Waals surface area (Å²) < 4.78 is 6.51. The molecule has 96 valence electrons. The molecule has 17 heavy (non-hydrogen) atoms. The normalized spacial score (nSPS) is 14.6. The summed E-state index contributed by atoms with van der Waals surface area (Å²) in [6.45, 7) is 4.64. The minimum atomic E-state index is 0.0460. The molecule has 5 heteroatoms. The Morgan fingerprint density at radius 1 is 1.53 bits per heavy atom.